The number of ether oxygens (including phenoxy) is 1. The molecule has 9 heteroatoms. The van der Waals surface area contributed by atoms with Crippen molar-refractivity contribution in [1.82, 2.24) is 9.66 Å². The van der Waals surface area contributed by atoms with Gasteiger partial charge in [-0.3, -0.25) is 14.9 Å². The molecule has 1 aromatic heterocycles. The van der Waals surface area contributed by atoms with E-state index in [0.717, 1.165) is 10.9 Å². The average Bonchev–Trinajstić information content (AvgIpc) is 2.73. The highest BCUT2D eigenvalue weighted by molar-refractivity contribution is 9.10. The third kappa shape index (κ3) is 4.55. The normalized spacial score (nSPS) is 11.0. The molecule has 0 fully saturated rings. The maximum atomic E-state index is 13.0. The molecular weight excluding hydrogens is 452 g/mol. The molecule has 0 saturated heterocycles. The van der Waals surface area contributed by atoms with Crippen LogP contribution in [0.2, 0.25) is 0 Å². The topological polar surface area (TPSA) is 99.6 Å². The first-order chi connectivity index (χ1) is 14.4. The van der Waals surface area contributed by atoms with Gasteiger partial charge in [-0.15, -0.1) is 6.42 Å². The van der Waals surface area contributed by atoms with E-state index in [0.29, 0.717) is 28.7 Å². The van der Waals surface area contributed by atoms with Gasteiger partial charge in [0.15, 0.2) is 5.75 Å². The Morgan fingerprint density at radius 1 is 1.37 bits per heavy atom. The highest BCUT2D eigenvalue weighted by Crippen LogP contribution is 2.27. The van der Waals surface area contributed by atoms with Crippen molar-refractivity contribution in [2.24, 2.45) is 5.10 Å². The van der Waals surface area contributed by atoms with Gasteiger partial charge in [0, 0.05) is 22.5 Å². The molecule has 3 aromatic rings. The van der Waals surface area contributed by atoms with Gasteiger partial charge in [0.05, 0.1) is 22.0 Å². The number of halogens is 1. The number of nitro benzene ring substituents is 1. The Morgan fingerprint density at radius 3 is 2.87 bits per heavy atom. The average molecular weight is 469 g/mol. The summed E-state index contributed by atoms with van der Waals surface area (Å²) in [6.45, 7) is 1.90. The lowest BCUT2D eigenvalue weighted by Gasteiger charge is -2.09. The first kappa shape index (κ1) is 21.2. The molecule has 0 unspecified atom stereocenters. The summed E-state index contributed by atoms with van der Waals surface area (Å²) in [6.07, 6.45) is 7.85. The molecule has 2 aromatic carbocycles. The van der Waals surface area contributed by atoms with E-state index in [1.807, 2.05) is 13.0 Å². The molecule has 0 atom stereocenters. The van der Waals surface area contributed by atoms with Crippen LogP contribution in [0.1, 0.15) is 24.7 Å². The van der Waals surface area contributed by atoms with Gasteiger partial charge in [-0.25, -0.2) is 4.98 Å². The van der Waals surface area contributed by atoms with E-state index in [1.54, 1.807) is 18.2 Å². The zero-order valence-electron chi connectivity index (χ0n) is 16.0. The smallest absolute Gasteiger partial charge is 0.311 e. The fourth-order valence-electron chi connectivity index (χ4n) is 2.82. The predicted octanol–water partition coefficient (Wildman–Crippen LogP) is 3.91. The molecule has 0 amide bonds. The molecule has 0 aliphatic heterocycles. The lowest BCUT2D eigenvalue weighted by molar-refractivity contribution is -0.385. The summed E-state index contributed by atoms with van der Waals surface area (Å²) in [5.74, 6) is 2.84. The summed E-state index contributed by atoms with van der Waals surface area (Å²) in [7, 11) is 0. The van der Waals surface area contributed by atoms with Crippen LogP contribution in [0.25, 0.3) is 10.9 Å². The minimum Gasteiger partial charge on any atom is -0.474 e. The van der Waals surface area contributed by atoms with Crippen molar-refractivity contribution >= 4 is 38.7 Å². The molecule has 30 heavy (non-hydrogen) atoms. The molecule has 0 radical (unpaired) electrons. The Morgan fingerprint density at radius 2 is 2.17 bits per heavy atom. The molecule has 0 N–H and O–H groups in total. The minimum absolute atomic E-state index is 0.0659. The van der Waals surface area contributed by atoms with E-state index in [1.165, 1.54) is 23.0 Å². The van der Waals surface area contributed by atoms with E-state index in [4.69, 9.17) is 11.2 Å². The second-order valence-electron chi connectivity index (χ2n) is 6.28. The zero-order chi connectivity index (χ0) is 21.7. The largest absolute Gasteiger partial charge is 0.474 e. The fourth-order valence-corrected chi connectivity index (χ4v) is 3.18. The van der Waals surface area contributed by atoms with E-state index in [9.17, 15) is 14.9 Å². The van der Waals surface area contributed by atoms with E-state index >= 15 is 0 Å². The van der Waals surface area contributed by atoms with Gasteiger partial charge in [0.2, 0.25) is 0 Å². The highest BCUT2D eigenvalue weighted by Gasteiger charge is 2.16. The van der Waals surface area contributed by atoms with Crippen molar-refractivity contribution in [3.8, 4) is 18.1 Å². The first-order valence-electron chi connectivity index (χ1n) is 9.04. The molecule has 0 aliphatic rings. The number of rotatable bonds is 7. The van der Waals surface area contributed by atoms with Gasteiger partial charge in [-0.1, -0.05) is 28.8 Å². The Labute approximate surface area is 180 Å². The van der Waals surface area contributed by atoms with E-state index < -0.39 is 4.92 Å². The number of aromatic nitrogens is 2. The maximum Gasteiger partial charge on any atom is 0.311 e. The second kappa shape index (κ2) is 9.33. The first-order valence-corrected chi connectivity index (χ1v) is 9.84. The lowest BCUT2D eigenvalue weighted by atomic mass is 10.2. The highest BCUT2D eigenvalue weighted by atomic mass is 79.9. The number of nitrogens with zero attached hydrogens (tertiary/aromatic N) is 4. The minimum atomic E-state index is -0.563. The summed E-state index contributed by atoms with van der Waals surface area (Å²) in [6, 6.07) is 9.63. The monoisotopic (exact) mass is 468 g/mol. The van der Waals surface area contributed by atoms with Crippen molar-refractivity contribution in [2.45, 2.75) is 19.8 Å². The molecular formula is C21H17BrN4O4. The van der Waals surface area contributed by atoms with Crippen molar-refractivity contribution in [1.29, 1.82) is 0 Å². The molecule has 0 saturated carbocycles. The summed E-state index contributed by atoms with van der Waals surface area (Å²) in [4.78, 5) is 28.3. The number of nitro groups is 1. The van der Waals surface area contributed by atoms with Gasteiger partial charge in [-0.2, -0.15) is 9.78 Å². The third-order valence-corrected chi connectivity index (χ3v) is 4.66. The van der Waals surface area contributed by atoms with E-state index in [-0.39, 0.29) is 23.6 Å². The molecule has 8 nitrogen and oxygen atoms in total. The van der Waals surface area contributed by atoms with Crippen molar-refractivity contribution in [2.75, 3.05) is 6.61 Å². The Balaban J connectivity index is 2.07. The van der Waals surface area contributed by atoms with Crippen LogP contribution >= 0.6 is 15.9 Å². The van der Waals surface area contributed by atoms with Gasteiger partial charge >= 0.3 is 5.69 Å². The summed E-state index contributed by atoms with van der Waals surface area (Å²) in [5, 5.41) is 16.0. The Kier molecular flexibility index (Phi) is 6.59. The number of terminal acetylenes is 1. The number of hydrogen-bond acceptors (Lipinski definition) is 6. The molecule has 0 bridgehead atoms. The standard InChI is InChI=1S/C21H17BrN4O4/c1-3-5-20-24-17-8-7-15(22)12-16(17)21(27)25(20)23-13-14-6-9-19(30-10-4-2)18(11-14)26(28)29/h2,6-9,11-13H,3,5,10H2,1H3. The van der Waals surface area contributed by atoms with Crippen LogP contribution in [0.15, 0.2) is 50.8 Å². The van der Waals surface area contributed by atoms with Crippen LogP contribution in [0.5, 0.6) is 5.75 Å². The van der Waals surface area contributed by atoms with Gasteiger partial charge in [-0.05, 0) is 36.8 Å². The summed E-state index contributed by atoms with van der Waals surface area (Å²) >= 11 is 3.36. The fraction of sp³-hybridized carbons (Fsp3) is 0.190. The van der Waals surface area contributed by atoms with Crippen LogP contribution in [0.3, 0.4) is 0 Å². The van der Waals surface area contributed by atoms with Crippen LogP contribution in [0, 0.1) is 22.5 Å². The molecule has 3 rings (SSSR count). The van der Waals surface area contributed by atoms with Gasteiger partial charge in [0.1, 0.15) is 12.4 Å². The Hall–Kier alpha value is -3.51. The Bertz CT molecular complexity index is 1240. The molecule has 0 aliphatic carbocycles. The quantitative estimate of drug-likeness (QED) is 0.226. The third-order valence-electron chi connectivity index (χ3n) is 4.16. The zero-order valence-corrected chi connectivity index (χ0v) is 17.6. The molecule has 152 valence electrons. The van der Waals surface area contributed by atoms with E-state index in [2.05, 4.69) is 31.9 Å². The van der Waals surface area contributed by atoms with Crippen LogP contribution in [0.4, 0.5) is 5.69 Å². The maximum absolute atomic E-state index is 13.0. The molecule has 0 spiro atoms. The van der Waals surface area contributed by atoms with Gasteiger partial charge in [0.25, 0.3) is 5.56 Å². The number of hydrogen-bond donors (Lipinski definition) is 0. The summed E-state index contributed by atoms with van der Waals surface area (Å²) < 4.78 is 7.19. The SMILES string of the molecule is C#CCOc1ccc(C=Nn2c(CCC)nc3ccc(Br)cc3c2=O)cc1[N+](=O)[O-]. The van der Waals surface area contributed by atoms with Crippen molar-refractivity contribution < 1.29 is 9.66 Å². The number of fused-ring (bicyclic) bond motifs is 1. The van der Waals surface area contributed by atoms with Crippen LogP contribution < -0.4 is 10.3 Å². The predicted molar refractivity (Wildman–Crippen MR) is 118 cm³/mol. The van der Waals surface area contributed by atoms with Crippen molar-refractivity contribution in [3.05, 3.63) is 72.7 Å². The van der Waals surface area contributed by atoms with Crippen LogP contribution in [-0.2, 0) is 6.42 Å². The van der Waals surface area contributed by atoms with Crippen molar-refractivity contribution in [3.63, 3.8) is 0 Å². The second-order valence-corrected chi connectivity index (χ2v) is 7.19. The molecule has 1 heterocycles. The summed E-state index contributed by atoms with van der Waals surface area (Å²) in [5.41, 5.74) is 0.461. The number of benzene rings is 2. The van der Waals surface area contributed by atoms with Gasteiger partial charge < -0.3 is 4.74 Å². The lowest BCUT2D eigenvalue weighted by Crippen LogP contribution is -2.22. The number of aryl methyl sites for hydroxylation is 1. The van der Waals surface area contributed by atoms with Crippen LogP contribution in [-0.4, -0.2) is 27.4 Å².